The number of nitrogens with zero attached hydrogens (tertiary/aromatic N) is 4. The molecule has 2 amide bonds. The second-order valence-corrected chi connectivity index (χ2v) is 9.92. The van der Waals surface area contributed by atoms with Gasteiger partial charge in [0.1, 0.15) is 0 Å². The van der Waals surface area contributed by atoms with Crippen LogP contribution in [-0.2, 0) is 14.4 Å². The van der Waals surface area contributed by atoms with Crippen molar-refractivity contribution in [2.75, 3.05) is 44.9 Å². The number of anilines is 1. The van der Waals surface area contributed by atoms with Gasteiger partial charge in [0, 0.05) is 51.8 Å². The van der Waals surface area contributed by atoms with Crippen LogP contribution in [0.5, 0.6) is 11.5 Å². The highest BCUT2D eigenvalue weighted by Crippen LogP contribution is 2.42. The smallest absolute Gasteiger partial charge is 0.308 e. The summed E-state index contributed by atoms with van der Waals surface area (Å²) in [5, 5.41) is 10.4. The highest BCUT2D eigenvalue weighted by molar-refractivity contribution is 5.94. The second kappa shape index (κ2) is 12.3. The lowest BCUT2D eigenvalue weighted by molar-refractivity contribution is -0.143. The summed E-state index contributed by atoms with van der Waals surface area (Å²) in [6, 6.07) is 8.75. The van der Waals surface area contributed by atoms with E-state index in [2.05, 4.69) is 11.9 Å². The van der Waals surface area contributed by atoms with Crippen molar-refractivity contribution < 1.29 is 29.0 Å². The predicted molar refractivity (Wildman–Crippen MR) is 141 cm³/mol. The molecule has 4 rings (SSSR count). The third-order valence-electron chi connectivity index (χ3n) is 7.49. The van der Waals surface area contributed by atoms with E-state index in [0.717, 1.165) is 24.1 Å². The number of carboxylic acid groups (broad SMARTS) is 1. The fourth-order valence-electron chi connectivity index (χ4n) is 5.30. The summed E-state index contributed by atoms with van der Waals surface area (Å²) in [4.78, 5) is 47.7. The average molecular weight is 525 g/mol. The maximum atomic E-state index is 13.7. The molecule has 204 valence electrons. The van der Waals surface area contributed by atoms with E-state index in [1.54, 1.807) is 41.4 Å². The van der Waals surface area contributed by atoms with Gasteiger partial charge in [-0.1, -0.05) is 19.4 Å². The van der Waals surface area contributed by atoms with Crippen LogP contribution in [0, 0.1) is 5.92 Å². The molecule has 0 saturated carbocycles. The zero-order chi connectivity index (χ0) is 27.2. The number of pyridine rings is 1. The fourth-order valence-corrected chi connectivity index (χ4v) is 5.30. The summed E-state index contributed by atoms with van der Waals surface area (Å²) in [5.41, 5.74) is 1.55. The first kappa shape index (κ1) is 27.4. The van der Waals surface area contributed by atoms with Gasteiger partial charge in [0.2, 0.25) is 18.6 Å². The molecule has 0 spiro atoms. The van der Waals surface area contributed by atoms with Crippen LogP contribution >= 0.6 is 0 Å². The summed E-state index contributed by atoms with van der Waals surface area (Å²) in [6.45, 7) is 5.10. The number of hydrogen-bond acceptors (Lipinski definition) is 7. The molecule has 0 bridgehead atoms. The Morgan fingerprint density at radius 1 is 1.16 bits per heavy atom. The number of fused-ring (bicyclic) bond motifs is 1. The molecular weight excluding hydrogens is 488 g/mol. The van der Waals surface area contributed by atoms with E-state index < -0.39 is 17.9 Å². The van der Waals surface area contributed by atoms with Gasteiger partial charge in [0.25, 0.3) is 0 Å². The normalized spacial score (nSPS) is 20.3. The van der Waals surface area contributed by atoms with Gasteiger partial charge < -0.3 is 24.4 Å². The zero-order valence-corrected chi connectivity index (χ0v) is 22.2. The zero-order valence-electron chi connectivity index (χ0n) is 22.2. The van der Waals surface area contributed by atoms with E-state index in [1.165, 1.54) is 6.92 Å². The van der Waals surface area contributed by atoms with Crippen LogP contribution in [0.15, 0.2) is 42.7 Å². The van der Waals surface area contributed by atoms with E-state index in [9.17, 15) is 19.5 Å². The molecule has 0 radical (unpaired) electrons. The first-order chi connectivity index (χ1) is 18.3. The van der Waals surface area contributed by atoms with Gasteiger partial charge in [-0.25, -0.2) is 0 Å². The van der Waals surface area contributed by atoms with Crippen LogP contribution in [0.1, 0.15) is 44.6 Å². The van der Waals surface area contributed by atoms with Gasteiger partial charge in [0.05, 0.1) is 24.3 Å². The van der Waals surface area contributed by atoms with Crippen molar-refractivity contribution in [2.45, 2.75) is 45.1 Å². The Balaban J connectivity index is 1.62. The fraction of sp³-hybridized carbons (Fsp3) is 0.500. The van der Waals surface area contributed by atoms with E-state index in [0.29, 0.717) is 37.6 Å². The number of ether oxygens (including phenoxy) is 2. The topological polar surface area (TPSA) is 113 Å². The molecule has 1 N–H and O–H groups in total. The summed E-state index contributed by atoms with van der Waals surface area (Å²) in [7, 11) is 1.70. The summed E-state index contributed by atoms with van der Waals surface area (Å²) >= 11 is 0. The summed E-state index contributed by atoms with van der Waals surface area (Å²) in [5.74, 6) is -1.01. The number of likely N-dealkylation sites (tertiary alicyclic amines) is 1. The van der Waals surface area contributed by atoms with Crippen molar-refractivity contribution >= 4 is 23.5 Å². The number of carbonyl (C=O) groups is 3. The number of aliphatic carboxylic acids is 1. The van der Waals surface area contributed by atoms with Crippen LogP contribution in [0.2, 0.25) is 0 Å². The Hall–Kier alpha value is -3.66. The Kier molecular flexibility index (Phi) is 8.83. The van der Waals surface area contributed by atoms with E-state index in [-0.39, 0.29) is 31.1 Å². The van der Waals surface area contributed by atoms with Crippen molar-refractivity contribution in [3.63, 3.8) is 0 Å². The molecule has 2 aromatic rings. The first-order valence-electron chi connectivity index (χ1n) is 13.1. The van der Waals surface area contributed by atoms with Crippen molar-refractivity contribution in [3.8, 4) is 11.5 Å². The largest absolute Gasteiger partial charge is 0.481 e. The summed E-state index contributed by atoms with van der Waals surface area (Å²) in [6.07, 6.45) is 5.54. The average Bonchev–Trinajstić information content (AvgIpc) is 3.52. The lowest BCUT2D eigenvalue weighted by Crippen LogP contribution is -2.45. The first-order valence-corrected chi connectivity index (χ1v) is 13.1. The number of rotatable bonds is 11. The Morgan fingerprint density at radius 3 is 2.63 bits per heavy atom. The molecule has 0 unspecified atom stereocenters. The van der Waals surface area contributed by atoms with Crippen LogP contribution in [0.3, 0.4) is 0 Å². The molecule has 1 fully saturated rings. The minimum absolute atomic E-state index is 0.0674. The molecule has 1 aromatic carbocycles. The maximum absolute atomic E-state index is 13.7. The number of unbranched alkanes of at least 4 members (excludes halogenated alkanes) is 1. The van der Waals surface area contributed by atoms with E-state index in [4.69, 9.17) is 9.47 Å². The molecular formula is C28H36N4O6. The monoisotopic (exact) mass is 524 g/mol. The predicted octanol–water partition coefficient (Wildman–Crippen LogP) is 2.98. The van der Waals surface area contributed by atoms with Gasteiger partial charge in [0.15, 0.2) is 11.5 Å². The Morgan fingerprint density at radius 2 is 1.95 bits per heavy atom. The SMILES string of the molecule is CCCCN(C(=O)CN1C[C@H](c2ccc3c(c2)OCO3)[C@@H](C(=O)O)[C@@H]1CCN(C)C(C)=O)c1cccnc1. The maximum Gasteiger partial charge on any atom is 0.308 e. The highest BCUT2D eigenvalue weighted by Gasteiger charge is 2.47. The number of aromatic nitrogens is 1. The Bertz CT molecular complexity index is 1140. The quantitative estimate of drug-likeness (QED) is 0.478. The van der Waals surface area contributed by atoms with Gasteiger partial charge in [-0.15, -0.1) is 0 Å². The lowest BCUT2D eigenvalue weighted by atomic mass is 9.84. The molecule has 1 saturated heterocycles. The van der Waals surface area contributed by atoms with Crippen molar-refractivity contribution in [3.05, 3.63) is 48.3 Å². The molecule has 38 heavy (non-hydrogen) atoms. The van der Waals surface area contributed by atoms with Gasteiger partial charge in [-0.05, 0) is 42.7 Å². The number of carboxylic acids is 1. The number of carbonyl (C=O) groups excluding carboxylic acids is 2. The van der Waals surface area contributed by atoms with Crippen LogP contribution in [-0.4, -0.2) is 83.7 Å². The third-order valence-corrected chi connectivity index (χ3v) is 7.49. The van der Waals surface area contributed by atoms with Gasteiger partial charge >= 0.3 is 5.97 Å². The molecule has 2 aliphatic rings. The summed E-state index contributed by atoms with van der Waals surface area (Å²) < 4.78 is 11.0. The van der Waals surface area contributed by atoms with Crippen molar-refractivity contribution in [1.29, 1.82) is 0 Å². The van der Waals surface area contributed by atoms with Crippen molar-refractivity contribution in [2.24, 2.45) is 5.92 Å². The van der Waals surface area contributed by atoms with Gasteiger partial charge in [-0.3, -0.25) is 24.3 Å². The third kappa shape index (κ3) is 6.07. The minimum atomic E-state index is -0.923. The molecule has 10 nitrogen and oxygen atoms in total. The molecule has 10 heteroatoms. The molecule has 1 aromatic heterocycles. The van der Waals surface area contributed by atoms with Gasteiger partial charge in [-0.2, -0.15) is 0 Å². The van der Waals surface area contributed by atoms with Crippen LogP contribution in [0.4, 0.5) is 5.69 Å². The number of benzene rings is 1. The molecule has 3 heterocycles. The second-order valence-electron chi connectivity index (χ2n) is 9.92. The number of amides is 2. The minimum Gasteiger partial charge on any atom is -0.481 e. The van der Waals surface area contributed by atoms with E-state index in [1.807, 2.05) is 23.1 Å². The standard InChI is InChI=1S/C28H36N4O6/c1-4-5-12-32(21-7-6-11-29-15-21)26(34)17-31-16-22(20-8-9-24-25(14-20)38-18-37-24)27(28(35)36)23(31)10-13-30(3)19(2)33/h6-9,11,14-15,22-23,27H,4-5,10,12-13,16-18H2,1-3H3,(H,35,36)/t22-,23+,27-/m1/s1. The lowest BCUT2D eigenvalue weighted by Gasteiger charge is -2.30. The molecule has 3 atom stereocenters. The molecule has 2 aliphatic heterocycles. The van der Waals surface area contributed by atoms with Crippen molar-refractivity contribution in [1.82, 2.24) is 14.8 Å². The Labute approximate surface area is 223 Å². The van der Waals surface area contributed by atoms with E-state index >= 15 is 0 Å². The number of hydrogen-bond donors (Lipinski definition) is 1. The van der Waals surface area contributed by atoms with Crippen LogP contribution < -0.4 is 14.4 Å². The molecule has 0 aliphatic carbocycles. The highest BCUT2D eigenvalue weighted by atomic mass is 16.7. The van der Waals surface area contributed by atoms with Crippen LogP contribution in [0.25, 0.3) is 0 Å².